The summed E-state index contributed by atoms with van der Waals surface area (Å²) in [6.45, 7) is 6.62. The number of para-hydroxylation sites is 1. The molecule has 0 spiro atoms. The first-order valence-electron chi connectivity index (χ1n) is 12.5. The fourth-order valence-corrected chi connectivity index (χ4v) is 5.29. The van der Waals surface area contributed by atoms with Gasteiger partial charge in [-0.2, -0.15) is 0 Å². The minimum atomic E-state index is -0.145. The first-order chi connectivity index (χ1) is 17.9. The zero-order chi connectivity index (χ0) is 25.9. The molecule has 7 heteroatoms. The number of nitrogens with zero attached hydrogens (tertiary/aromatic N) is 3. The van der Waals surface area contributed by atoms with E-state index in [0.29, 0.717) is 18.1 Å². The van der Waals surface area contributed by atoms with Crippen LogP contribution in [0.3, 0.4) is 0 Å². The first-order valence-corrected chi connectivity index (χ1v) is 12.9. The van der Waals surface area contributed by atoms with Crippen LogP contribution in [0.5, 0.6) is 0 Å². The molecule has 0 bridgehead atoms. The van der Waals surface area contributed by atoms with Crippen LogP contribution < -0.4 is 10.6 Å². The number of hydrogen-bond acceptors (Lipinski definition) is 3. The third kappa shape index (κ3) is 5.13. The van der Waals surface area contributed by atoms with Crippen LogP contribution >= 0.6 is 12.2 Å². The molecule has 1 amide bonds. The van der Waals surface area contributed by atoms with Crippen LogP contribution in [0, 0.1) is 20.8 Å². The smallest absolute Gasteiger partial charge is 0.226 e. The number of amides is 1. The third-order valence-electron chi connectivity index (χ3n) is 6.90. The fraction of sp³-hybridized carbons (Fsp3) is 0.233. The maximum atomic E-state index is 13.0. The molecule has 1 aliphatic heterocycles. The summed E-state index contributed by atoms with van der Waals surface area (Å²) in [4.78, 5) is 19.8. The number of carbonyl (C=O) groups excluding carboxylic acids is 1. The molecule has 0 radical (unpaired) electrons. The van der Waals surface area contributed by atoms with Crippen LogP contribution in [0.2, 0.25) is 0 Å². The summed E-state index contributed by atoms with van der Waals surface area (Å²) in [5, 5.41) is 7.19. The lowest BCUT2D eigenvalue weighted by Crippen LogP contribution is -2.33. The molecular formula is C30H31N5OS. The molecule has 4 aromatic rings. The molecular weight excluding hydrogens is 478 g/mol. The molecule has 3 heterocycles. The average molecular weight is 510 g/mol. The number of benzene rings is 2. The van der Waals surface area contributed by atoms with Gasteiger partial charge in [0, 0.05) is 42.4 Å². The molecule has 2 atom stereocenters. The number of aromatic nitrogens is 2. The van der Waals surface area contributed by atoms with Crippen molar-refractivity contribution < 1.29 is 4.79 Å². The lowest BCUT2D eigenvalue weighted by Gasteiger charge is -2.29. The van der Waals surface area contributed by atoms with Gasteiger partial charge in [0.05, 0.1) is 17.8 Å². The number of anilines is 1. The Morgan fingerprint density at radius 1 is 1.00 bits per heavy atom. The van der Waals surface area contributed by atoms with Gasteiger partial charge in [-0.1, -0.05) is 36.4 Å². The summed E-state index contributed by atoms with van der Waals surface area (Å²) in [6, 6.07) is 24.2. The van der Waals surface area contributed by atoms with E-state index in [1.807, 2.05) is 56.3 Å². The van der Waals surface area contributed by atoms with Crippen molar-refractivity contribution in [3.8, 4) is 5.69 Å². The Hall–Kier alpha value is -3.97. The number of nitrogens with one attached hydrogen (secondary N) is 2. The Labute approximate surface area is 223 Å². The molecule has 2 aromatic heterocycles. The van der Waals surface area contributed by atoms with E-state index in [0.717, 1.165) is 33.9 Å². The Balaban J connectivity index is 1.45. The Morgan fingerprint density at radius 3 is 2.59 bits per heavy atom. The first kappa shape index (κ1) is 24.7. The van der Waals surface area contributed by atoms with Gasteiger partial charge in [0.1, 0.15) is 0 Å². The van der Waals surface area contributed by atoms with Gasteiger partial charge >= 0.3 is 0 Å². The van der Waals surface area contributed by atoms with Crippen LogP contribution in [0.4, 0.5) is 5.69 Å². The highest BCUT2D eigenvalue weighted by Gasteiger charge is 2.41. The molecule has 1 fully saturated rings. The van der Waals surface area contributed by atoms with Crippen molar-refractivity contribution in [2.75, 3.05) is 11.9 Å². The van der Waals surface area contributed by atoms with Crippen molar-refractivity contribution in [3.05, 3.63) is 113 Å². The van der Waals surface area contributed by atoms with Crippen LogP contribution in [0.25, 0.3) is 5.69 Å². The van der Waals surface area contributed by atoms with Crippen molar-refractivity contribution in [2.24, 2.45) is 0 Å². The summed E-state index contributed by atoms with van der Waals surface area (Å²) in [5.41, 5.74) is 7.31. The molecule has 0 unspecified atom stereocenters. The van der Waals surface area contributed by atoms with Crippen molar-refractivity contribution in [1.29, 1.82) is 0 Å². The van der Waals surface area contributed by atoms with Gasteiger partial charge in [-0.05, 0) is 86.1 Å². The predicted molar refractivity (Wildman–Crippen MR) is 152 cm³/mol. The molecule has 1 saturated heterocycles. The molecule has 37 heavy (non-hydrogen) atoms. The number of pyridine rings is 1. The van der Waals surface area contributed by atoms with E-state index in [9.17, 15) is 4.79 Å². The topological polar surface area (TPSA) is 62.2 Å². The van der Waals surface area contributed by atoms with Crippen molar-refractivity contribution in [3.63, 3.8) is 0 Å². The Morgan fingerprint density at radius 2 is 1.81 bits per heavy atom. The highest BCUT2D eigenvalue weighted by atomic mass is 32.1. The number of carbonyl (C=O) groups is 1. The molecule has 5 rings (SSSR count). The molecule has 2 aromatic carbocycles. The molecule has 0 saturated carbocycles. The number of thiocarbonyl (C=S) groups is 1. The molecule has 6 nitrogen and oxygen atoms in total. The summed E-state index contributed by atoms with van der Waals surface area (Å²) in [7, 11) is 0. The largest absolute Gasteiger partial charge is 0.352 e. The minimum absolute atomic E-state index is 0.0363. The van der Waals surface area contributed by atoms with Crippen LogP contribution in [0.15, 0.2) is 85.2 Å². The monoisotopic (exact) mass is 509 g/mol. The SMILES string of the molecule is Cc1ccc(C)c(NC(=O)CCN2C(=S)N[C@H](c3ccccn3)[C@H]2c2cccn2-c2ccccc2C)c1. The van der Waals surface area contributed by atoms with E-state index >= 15 is 0 Å². The summed E-state index contributed by atoms with van der Waals surface area (Å²) >= 11 is 5.82. The number of rotatable bonds is 7. The predicted octanol–water partition coefficient (Wildman–Crippen LogP) is 5.80. The van der Waals surface area contributed by atoms with Gasteiger partial charge in [-0.25, -0.2) is 0 Å². The maximum absolute atomic E-state index is 13.0. The second kappa shape index (κ2) is 10.6. The zero-order valence-corrected chi connectivity index (χ0v) is 22.1. The molecule has 2 N–H and O–H groups in total. The molecule has 1 aliphatic rings. The zero-order valence-electron chi connectivity index (χ0n) is 21.3. The average Bonchev–Trinajstić information content (AvgIpc) is 3.50. The number of aryl methyl sites for hydroxylation is 3. The van der Waals surface area contributed by atoms with E-state index < -0.39 is 0 Å². The highest BCUT2D eigenvalue weighted by Crippen LogP contribution is 2.39. The molecule has 0 aliphatic carbocycles. The normalized spacial score (nSPS) is 17.1. The lowest BCUT2D eigenvalue weighted by atomic mass is 10.0. The van der Waals surface area contributed by atoms with E-state index in [1.165, 1.54) is 5.56 Å². The quantitative estimate of drug-likeness (QED) is 0.309. The van der Waals surface area contributed by atoms with Crippen molar-refractivity contribution in [1.82, 2.24) is 19.8 Å². The third-order valence-corrected chi connectivity index (χ3v) is 7.26. The second-order valence-corrected chi connectivity index (χ2v) is 9.91. The highest BCUT2D eigenvalue weighted by molar-refractivity contribution is 7.80. The van der Waals surface area contributed by atoms with Gasteiger partial charge in [0.15, 0.2) is 5.11 Å². The molecule has 188 valence electrons. The standard InChI is InChI=1S/C30H31N5OS/c1-20-13-14-21(2)24(19-20)32-27(36)15-18-35-29(28(33-30(35)37)23-10-6-7-16-31-23)26-12-8-17-34(26)25-11-5-4-9-22(25)3/h4-14,16-17,19,28-29H,15,18H2,1-3H3,(H,32,36)(H,33,37)/t28-,29-/m1/s1. The maximum Gasteiger partial charge on any atom is 0.226 e. The summed E-state index contributed by atoms with van der Waals surface area (Å²) < 4.78 is 2.22. The van der Waals surface area contributed by atoms with Crippen molar-refractivity contribution in [2.45, 2.75) is 39.3 Å². The Kier molecular flexibility index (Phi) is 7.06. The van der Waals surface area contributed by atoms with Gasteiger partial charge in [0.25, 0.3) is 0 Å². The van der Waals surface area contributed by atoms with E-state index in [-0.39, 0.29) is 18.0 Å². The van der Waals surface area contributed by atoms with Crippen LogP contribution in [0.1, 0.15) is 46.6 Å². The van der Waals surface area contributed by atoms with Gasteiger partial charge < -0.3 is 20.1 Å². The Bertz CT molecular complexity index is 1430. The van der Waals surface area contributed by atoms with E-state index in [2.05, 4.69) is 68.5 Å². The van der Waals surface area contributed by atoms with Crippen LogP contribution in [-0.2, 0) is 4.79 Å². The lowest BCUT2D eigenvalue weighted by molar-refractivity contribution is -0.116. The second-order valence-electron chi connectivity index (χ2n) is 9.53. The van der Waals surface area contributed by atoms with Crippen molar-refractivity contribution >= 4 is 28.9 Å². The summed E-state index contributed by atoms with van der Waals surface area (Å²) in [5.74, 6) is -0.0363. The van der Waals surface area contributed by atoms with Crippen LogP contribution in [-0.4, -0.2) is 32.0 Å². The summed E-state index contributed by atoms with van der Waals surface area (Å²) in [6.07, 6.45) is 4.20. The van der Waals surface area contributed by atoms with Gasteiger partial charge in [-0.3, -0.25) is 9.78 Å². The van der Waals surface area contributed by atoms with E-state index in [1.54, 1.807) is 6.20 Å². The number of hydrogen-bond donors (Lipinski definition) is 2. The minimum Gasteiger partial charge on any atom is -0.352 e. The van der Waals surface area contributed by atoms with E-state index in [4.69, 9.17) is 12.2 Å². The van der Waals surface area contributed by atoms with Gasteiger partial charge in [-0.15, -0.1) is 0 Å². The fourth-order valence-electron chi connectivity index (χ4n) is 4.96. The van der Waals surface area contributed by atoms with Gasteiger partial charge in [0.2, 0.25) is 5.91 Å².